The first-order valence-electron chi connectivity index (χ1n) is 5.39. The molecule has 0 spiro atoms. The molecule has 1 aromatic carbocycles. The monoisotopic (exact) mass is 235 g/mol. The van der Waals surface area contributed by atoms with Crippen LogP contribution in [0.4, 0.5) is 0 Å². The van der Waals surface area contributed by atoms with E-state index in [-0.39, 0.29) is 23.6 Å². The van der Waals surface area contributed by atoms with E-state index in [1.165, 1.54) is 17.0 Å². The lowest BCUT2D eigenvalue weighted by atomic mass is 10.1. The van der Waals surface area contributed by atoms with Crippen molar-refractivity contribution in [1.29, 1.82) is 0 Å². The predicted octanol–water partition coefficient (Wildman–Crippen LogP) is 0.592. The summed E-state index contributed by atoms with van der Waals surface area (Å²) in [6.07, 6.45) is 0.0389. The topological polar surface area (TPSA) is 77.8 Å². The largest absolute Gasteiger partial charge is 0.478 e. The second-order valence-electron chi connectivity index (χ2n) is 4.04. The number of carbonyl (C=O) groups is 2. The van der Waals surface area contributed by atoms with Gasteiger partial charge in [0.25, 0.3) is 5.91 Å². The first-order chi connectivity index (χ1) is 8.09. The molecule has 5 nitrogen and oxygen atoms in total. The van der Waals surface area contributed by atoms with Gasteiger partial charge in [0.05, 0.1) is 17.2 Å². The van der Waals surface area contributed by atoms with Gasteiger partial charge in [0.1, 0.15) is 0 Å². The zero-order valence-electron chi connectivity index (χ0n) is 9.17. The predicted molar refractivity (Wildman–Crippen MR) is 59.9 cm³/mol. The third-order valence-corrected chi connectivity index (χ3v) is 2.84. The summed E-state index contributed by atoms with van der Waals surface area (Å²) in [7, 11) is 0. The average molecular weight is 235 g/mol. The standard InChI is InChI=1S/C12H13NO4/c14-8-5-6-13(7-8)11(15)9-3-1-2-4-10(9)12(16)17/h1-4,8,14H,5-7H2,(H,16,17)/t8-/m1/s1. The van der Waals surface area contributed by atoms with Crippen molar-refractivity contribution in [2.45, 2.75) is 12.5 Å². The number of hydrogen-bond acceptors (Lipinski definition) is 3. The zero-order valence-corrected chi connectivity index (χ0v) is 9.17. The second-order valence-corrected chi connectivity index (χ2v) is 4.04. The number of amides is 1. The number of hydrogen-bond donors (Lipinski definition) is 2. The van der Waals surface area contributed by atoms with Crippen LogP contribution in [0.15, 0.2) is 24.3 Å². The third-order valence-electron chi connectivity index (χ3n) is 2.84. The van der Waals surface area contributed by atoms with Crippen LogP contribution in [0, 0.1) is 0 Å². The Balaban J connectivity index is 2.28. The molecule has 2 N–H and O–H groups in total. The minimum absolute atomic E-state index is 0.00103. The Kier molecular flexibility index (Phi) is 3.10. The second kappa shape index (κ2) is 4.55. The molecule has 1 atom stereocenters. The van der Waals surface area contributed by atoms with E-state index in [4.69, 9.17) is 5.11 Å². The van der Waals surface area contributed by atoms with Crippen LogP contribution in [0.2, 0.25) is 0 Å². The van der Waals surface area contributed by atoms with Gasteiger partial charge in [0.15, 0.2) is 0 Å². The van der Waals surface area contributed by atoms with Crippen molar-refractivity contribution in [3.05, 3.63) is 35.4 Å². The maximum absolute atomic E-state index is 12.1. The summed E-state index contributed by atoms with van der Waals surface area (Å²) in [5.41, 5.74) is 0.174. The van der Waals surface area contributed by atoms with Crippen molar-refractivity contribution < 1.29 is 19.8 Å². The number of aromatic carboxylic acids is 1. The Labute approximate surface area is 98.3 Å². The van der Waals surface area contributed by atoms with Crippen LogP contribution in [-0.2, 0) is 0 Å². The molecule has 1 aromatic rings. The van der Waals surface area contributed by atoms with Gasteiger partial charge in [-0.05, 0) is 18.6 Å². The van der Waals surface area contributed by atoms with E-state index in [2.05, 4.69) is 0 Å². The van der Waals surface area contributed by atoms with Gasteiger partial charge in [-0.15, -0.1) is 0 Å². The van der Waals surface area contributed by atoms with E-state index in [1.54, 1.807) is 12.1 Å². The Hall–Kier alpha value is -1.88. The smallest absolute Gasteiger partial charge is 0.336 e. The fraction of sp³-hybridized carbons (Fsp3) is 0.333. The highest BCUT2D eigenvalue weighted by atomic mass is 16.4. The molecular formula is C12H13NO4. The number of benzene rings is 1. The van der Waals surface area contributed by atoms with Crippen LogP contribution >= 0.6 is 0 Å². The van der Waals surface area contributed by atoms with E-state index in [0.717, 1.165) is 0 Å². The first-order valence-corrected chi connectivity index (χ1v) is 5.39. The molecule has 1 aliphatic rings. The summed E-state index contributed by atoms with van der Waals surface area (Å²) in [6, 6.07) is 6.11. The van der Waals surface area contributed by atoms with Gasteiger partial charge in [-0.25, -0.2) is 4.79 Å². The van der Waals surface area contributed by atoms with E-state index >= 15 is 0 Å². The third kappa shape index (κ3) is 2.29. The molecule has 0 radical (unpaired) electrons. The molecule has 1 heterocycles. The molecule has 17 heavy (non-hydrogen) atoms. The Morgan fingerprint density at radius 1 is 1.24 bits per heavy atom. The number of aliphatic hydroxyl groups excluding tert-OH is 1. The lowest BCUT2D eigenvalue weighted by Gasteiger charge is -2.16. The zero-order chi connectivity index (χ0) is 12.4. The van der Waals surface area contributed by atoms with Gasteiger partial charge >= 0.3 is 5.97 Å². The van der Waals surface area contributed by atoms with Crippen LogP contribution in [-0.4, -0.2) is 46.2 Å². The molecule has 1 amide bonds. The molecule has 0 saturated carbocycles. The molecular weight excluding hydrogens is 222 g/mol. The highest BCUT2D eigenvalue weighted by molar-refractivity contribution is 6.04. The molecule has 1 fully saturated rings. The maximum atomic E-state index is 12.1. The molecule has 0 unspecified atom stereocenters. The number of aliphatic hydroxyl groups is 1. The Morgan fingerprint density at radius 2 is 1.88 bits per heavy atom. The van der Waals surface area contributed by atoms with Crippen LogP contribution in [0.25, 0.3) is 0 Å². The summed E-state index contributed by atoms with van der Waals surface area (Å²) in [4.78, 5) is 24.5. The first kappa shape index (κ1) is 11.6. The number of β-amino-alcohol motifs (C(OH)–C–C–N with tert-alkyl or cyclic N) is 1. The van der Waals surface area contributed by atoms with E-state index in [0.29, 0.717) is 13.0 Å². The highest BCUT2D eigenvalue weighted by Crippen LogP contribution is 2.16. The molecule has 1 saturated heterocycles. The summed E-state index contributed by atoms with van der Waals surface area (Å²) in [5.74, 6) is -1.45. The summed E-state index contributed by atoms with van der Waals surface area (Å²) in [5, 5.41) is 18.4. The van der Waals surface area contributed by atoms with Crippen molar-refractivity contribution in [1.82, 2.24) is 4.90 Å². The summed E-state index contributed by atoms with van der Waals surface area (Å²) >= 11 is 0. The molecule has 90 valence electrons. The minimum atomic E-state index is -1.12. The quantitative estimate of drug-likeness (QED) is 0.786. The summed E-state index contributed by atoms with van der Waals surface area (Å²) < 4.78 is 0. The average Bonchev–Trinajstić information content (AvgIpc) is 2.75. The van der Waals surface area contributed by atoms with Gasteiger partial charge in [-0.1, -0.05) is 12.1 Å². The summed E-state index contributed by atoms with van der Waals surface area (Å²) in [6.45, 7) is 0.737. The normalized spacial score (nSPS) is 19.4. The molecule has 0 aromatic heterocycles. The Bertz CT molecular complexity index is 458. The van der Waals surface area contributed by atoms with Crippen molar-refractivity contribution in [2.24, 2.45) is 0 Å². The molecule has 0 bridgehead atoms. The lowest BCUT2D eigenvalue weighted by Crippen LogP contribution is -2.30. The van der Waals surface area contributed by atoms with E-state index in [1.807, 2.05) is 0 Å². The van der Waals surface area contributed by atoms with Crippen molar-refractivity contribution in [3.8, 4) is 0 Å². The van der Waals surface area contributed by atoms with E-state index < -0.39 is 12.1 Å². The van der Waals surface area contributed by atoms with Gasteiger partial charge in [-0.2, -0.15) is 0 Å². The van der Waals surface area contributed by atoms with Crippen LogP contribution in [0.1, 0.15) is 27.1 Å². The number of carboxylic acids is 1. The van der Waals surface area contributed by atoms with Crippen LogP contribution in [0.5, 0.6) is 0 Å². The fourth-order valence-corrected chi connectivity index (χ4v) is 1.95. The van der Waals surface area contributed by atoms with Gasteiger partial charge in [0.2, 0.25) is 0 Å². The molecule has 1 aliphatic heterocycles. The number of nitrogens with zero attached hydrogens (tertiary/aromatic N) is 1. The molecule has 5 heteroatoms. The van der Waals surface area contributed by atoms with Gasteiger partial charge in [0, 0.05) is 13.1 Å². The van der Waals surface area contributed by atoms with Gasteiger partial charge < -0.3 is 15.1 Å². The lowest BCUT2D eigenvalue weighted by molar-refractivity contribution is 0.0678. The van der Waals surface area contributed by atoms with Crippen molar-refractivity contribution in [2.75, 3.05) is 13.1 Å². The van der Waals surface area contributed by atoms with E-state index in [9.17, 15) is 14.7 Å². The number of rotatable bonds is 2. The van der Waals surface area contributed by atoms with Crippen molar-refractivity contribution in [3.63, 3.8) is 0 Å². The molecule has 0 aliphatic carbocycles. The minimum Gasteiger partial charge on any atom is -0.478 e. The molecule has 2 rings (SSSR count). The maximum Gasteiger partial charge on any atom is 0.336 e. The number of carbonyl (C=O) groups excluding carboxylic acids is 1. The fourth-order valence-electron chi connectivity index (χ4n) is 1.95. The number of carboxylic acid groups (broad SMARTS) is 1. The Morgan fingerprint density at radius 3 is 2.41 bits per heavy atom. The SMILES string of the molecule is O=C(O)c1ccccc1C(=O)N1CC[C@@H](O)C1. The van der Waals surface area contributed by atoms with Crippen molar-refractivity contribution >= 4 is 11.9 Å². The number of likely N-dealkylation sites (tertiary alicyclic amines) is 1. The van der Waals surface area contributed by atoms with Gasteiger partial charge in [-0.3, -0.25) is 4.79 Å². The van der Waals surface area contributed by atoms with Crippen LogP contribution < -0.4 is 0 Å². The highest BCUT2D eigenvalue weighted by Gasteiger charge is 2.27. The van der Waals surface area contributed by atoms with Crippen LogP contribution in [0.3, 0.4) is 0 Å².